The molecule has 0 aliphatic heterocycles. The van der Waals surface area contributed by atoms with Crippen molar-refractivity contribution in [3.63, 3.8) is 0 Å². The summed E-state index contributed by atoms with van der Waals surface area (Å²) in [6, 6.07) is 4.75. The van der Waals surface area contributed by atoms with Gasteiger partial charge in [0.2, 0.25) is 5.13 Å². The second-order valence-electron chi connectivity index (χ2n) is 4.95. The minimum atomic E-state index is -0.922. The van der Waals surface area contributed by atoms with Gasteiger partial charge >= 0.3 is 5.97 Å². The second kappa shape index (κ2) is 6.75. The molecule has 0 radical (unpaired) electrons. The van der Waals surface area contributed by atoms with Gasteiger partial charge in [-0.25, -0.2) is 9.78 Å². The predicted molar refractivity (Wildman–Crippen MR) is 86.8 cm³/mol. The molecular formula is C15H14N4O4S. The van der Waals surface area contributed by atoms with E-state index in [1.54, 1.807) is 32.0 Å². The SMILES string of the molecule is CCC(OC(=O)c1ccc2ocnc2c1)C(=O)Nc1nnc(C)s1. The van der Waals surface area contributed by atoms with Gasteiger partial charge in [-0.1, -0.05) is 18.3 Å². The molecule has 0 saturated heterocycles. The first-order valence-corrected chi connectivity index (χ1v) is 8.03. The number of fused-ring (bicyclic) bond motifs is 1. The lowest BCUT2D eigenvalue weighted by atomic mass is 10.2. The summed E-state index contributed by atoms with van der Waals surface area (Å²) in [5.74, 6) is -1.04. The molecule has 124 valence electrons. The fourth-order valence-corrected chi connectivity index (χ4v) is 2.63. The third-order valence-electron chi connectivity index (χ3n) is 3.23. The number of aromatic nitrogens is 3. The van der Waals surface area contributed by atoms with Gasteiger partial charge < -0.3 is 9.15 Å². The molecule has 8 nitrogen and oxygen atoms in total. The largest absolute Gasteiger partial charge is 0.449 e. The molecule has 9 heteroatoms. The van der Waals surface area contributed by atoms with Crippen molar-refractivity contribution in [3.05, 3.63) is 35.2 Å². The van der Waals surface area contributed by atoms with Crippen molar-refractivity contribution in [3.8, 4) is 0 Å². The quantitative estimate of drug-likeness (QED) is 0.707. The number of carbonyl (C=O) groups is 2. The lowest BCUT2D eigenvalue weighted by Crippen LogP contribution is -2.32. The molecule has 0 aliphatic rings. The third kappa shape index (κ3) is 3.40. The minimum Gasteiger partial charge on any atom is -0.449 e. The van der Waals surface area contributed by atoms with E-state index in [1.165, 1.54) is 17.7 Å². The van der Waals surface area contributed by atoms with Crippen LogP contribution in [0.25, 0.3) is 11.1 Å². The van der Waals surface area contributed by atoms with Crippen LogP contribution in [0, 0.1) is 6.92 Å². The van der Waals surface area contributed by atoms with Gasteiger partial charge in [-0.05, 0) is 31.5 Å². The van der Waals surface area contributed by atoms with Crippen LogP contribution < -0.4 is 5.32 Å². The summed E-state index contributed by atoms with van der Waals surface area (Å²) in [5.41, 5.74) is 1.42. The first-order chi connectivity index (χ1) is 11.6. The highest BCUT2D eigenvalue weighted by Gasteiger charge is 2.23. The fraction of sp³-hybridized carbons (Fsp3) is 0.267. The summed E-state index contributed by atoms with van der Waals surface area (Å²) in [7, 11) is 0. The van der Waals surface area contributed by atoms with Gasteiger partial charge in [0.25, 0.3) is 5.91 Å². The smallest absolute Gasteiger partial charge is 0.338 e. The van der Waals surface area contributed by atoms with Gasteiger partial charge in [0.15, 0.2) is 18.1 Å². The van der Waals surface area contributed by atoms with E-state index in [-0.39, 0.29) is 0 Å². The topological polar surface area (TPSA) is 107 Å². The minimum absolute atomic E-state index is 0.300. The Bertz CT molecular complexity index is 888. The Morgan fingerprint density at radius 2 is 2.21 bits per heavy atom. The number of oxazole rings is 1. The van der Waals surface area contributed by atoms with E-state index >= 15 is 0 Å². The standard InChI is InChI=1S/C15H14N4O4S/c1-3-11(13(20)17-15-19-18-8(2)24-15)23-14(21)9-4-5-12-10(6-9)16-7-22-12/h4-7,11H,3H2,1-2H3,(H,17,19,20). The van der Waals surface area contributed by atoms with Crippen molar-refractivity contribution in [1.29, 1.82) is 0 Å². The van der Waals surface area contributed by atoms with Gasteiger partial charge in [0, 0.05) is 0 Å². The number of ether oxygens (including phenoxy) is 1. The highest BCUT2D eigenvalue weighted by Crippen LogP contribution is 2.17. The molecule has 3 rings (SSSR count). The van der Waals surface area contributed by atoms with E-state index in [9.17, 15) is 9.59 Å². The van der Waals surface area contributed by atoms with Crippen LogP contribution in [0.15, 0.2) is 29.0 Å². The van der Waals surface area contributed by atoms with Crippen LogP contribution in [0.2, 0.25) is 0 Å². The Morgan fingerprint density at radius 3 is 2.92 bits per heavy atom. The number of benzene rings is 1. The third-order valence-corrected chi connectivity index (χ3v) is 3.99. The second-order valence-corrected chi connectivity index (χ2v) is 6.13. The van der Waals surface area contributed by atoms with Gasteiger partial charge in [0.1, 0.15) is 10.5 Å². The Morgan fingerprint density at radius 1 is 1.38 bits per heavy atom. The number of hydrogen-bond acceptors (Lipinski definition) is 8. The van der Waals surface area contributed by atoms with Crippen LogP contribution in [0.3, 0.4) is 0 Å². The van der Waals surface area contributed by atoms with E-state index in [1.807, 2.05) is 0 Å². The van der Waals surface area contributed by atoms with Crippen molar-refractivity contribution in [2.45, 2.75) is 26.4 Å². The molecule has 2 aromatic heterocycles. The van der Waals surface area contributed by atoms with E-state index in [2.05, 4.69) is 20.5 Å². The fourth-order valence-electron chi connectivity index (χ4n) is 2.04. The van der Waals surface area contributed by atoms with E-state index < -0.39 is 18.0 Å². The molecule has 0 bridgehead atoms. The Labute approximate surface area is 140 Å². The van der Waals surface area contributed by atoms with Crippen LogP contribution >= 0.6 is 11.3 Å². The normalized spacial score (nSPS) is 12.1. The summed E-state index contributed by atoms with van der Waals surface area (Å²) in [4.78, 5) is 28.5. The number of aryl methyl sites for hydroxylation is 1. The molecule has 0 spiro atoms. The summed E-state index contributed by atoms with van der Waals surface area (Å²) in [6.07, 6.45) is 0.711. The van der Waals surface area contributed by atoms with E-state index in [4.69, 9.17) is 9.15 Å². The molecule has 1 atom stereocenters. The van der Waals surface area contributed by atoms with Crippen molar-refractivity contribution in [2.24, 2.45) is 0 Å². The maximum absolute atomic E-state index is 12.3. The molecule has 1 amide bonds. The Kier molecular flexibility index (Phi) is 4.52. The average molecular weight is 346 g/mol. The lowest BCUT2D eigenvalue weighted by Gasteiger charge is -2.14. The highest BCUT2D eigenvalue weighted by molar-refractivity contribution is 7.15. The molecule has 1 aromatic carbocycles. The number of esters is 1. The van der Waals surface area contributed by atoms with Gasteiger partial charge in [-0.3, -0.25) is 10.1 Å². The molecule has 0 aliphatic carbocycles. The zero-order valence-electron chi connectivity index (χ0n) is 13.0. The van der Waals surface area contributed by atoms with Crippen LogP contribution in [0.4, 0.5) is 5.13 Å². The molecule has 1 unspecified atom stereocenters. The molecule has 2 heterocycles. The monoisotopic (exact) mass is 346 g/mol. The van der Waals surface area contributed by atoms with Crippen molar-refractivity contribution < 1.29 is 18.7 Å². The Hall–Kier alpha value is -2.81. The van der Waals surface area contributed by atoms with Gasteiger partial charge in [-0.2, -0.15) is 0 Å². The molecule has 3 aromatic rings. The first kappa shape index (κ1) is 16.1. The highest BCUT2D eigenvalue weighted by atomic mass is 32.1. The van der Waals surface area contributed by atoms with Gasteiger partial charge in [-0.15, -0.1) is 10.2 Å². The summed E-state index contributed by atoms with van der Waals surface area (Å²) < 4.78 is 10.4. The molecule has 1 N–H and O–H groups in total. The number of hydrogen-bond donors (Lipinski definition) is 1. The zero-order valence-corrected chi connectivity index (χ0v) is 13.8. The molecule has 0 saturated carbocycles. The van der Waals surface area contributed by atoms with Crippen LogP contribution in [-0.2, 0) is 9.53 Å². The molecule has 24 heavy (non-hydrogen) atoms. The molecule has 0 fully saturated rings. The average Bonchev–Trinajstić information content (AvgIpc) is 3.20. The summed E-state index contributed by atoms with van der Waals surface area (Å²) >= 11 is 1.25. The number of nitrogens with one attached hydrogen (secondary N) is 1. The van der Waals surface area contributed by atoms with E-state index in [0.29, 0.717) is 28.2 Å². The summed E-state index contributed by atoms with van der Waals surface area (Å²) in [6.45, 7) is 3.54. The van der Waals surface area contributed by atoms with Crippen molar-refractivity contribution >= 4 is 39.4 Å². The van der Waals surface area contributed by atoms with Crippen LogP contribution in [-0.4, -0.2) is 33.2 Å². The molecular weight excluding hydrogens is 332 g/mol. The predicted octanol–water partition coefficient (Wildman–Crippen LogP) is 2.56. The number of carbonyl (C=O) groups excluding carboxylic acids is 2. The lowest BCUT2D eigenvalue weighted by molar-refractivity contribution is -0.124. The number of rotatable bonds is 5. The van der Waals surface area contributed by atoms with Crippen LogP contribution in [0.1, 0.15) is 28.7 Å². The maximum atomic E-state index is 12.3. The number of nitrogens with zero attached hydrogens (tertiary/aromatic N) is 3. The van der Waals surface area contributed by atoms with E-state index in [0.717, 1.165) is 5.01 Å². The summed E-state index contributed by atoms with van der Waals surface area (Å²) in [5, 5.41) is 11.3. The number of anilines is 1. The maximum Gasteiger partial charge on any atom is 0.338 e. The zero-order chi connectivity index (χ0) is 17.1. The van der Waals surface area contributed by atoms with Crippen molar-refractivity contribution in [1.82, 2.24) is 15.2 Å². The van der Waals surface area contributed by atoms with Gasteiger partial charge in [0.05, 0.1) is 5.56 Å². The first-order valence-electron chi connectivity index (χ1n) is 7.22. The van der Waals surface area contributed by atoms with Crippen molar-refractivity contribution in [2.75, 3.05) is 5.32 Å². The Balaban J connectivity index is 1.69. The van der Waals surface area contributed by atoms with Crippen LogP contribution in [0.5, 0.6) is 0 Å². The number of amides is 1.